The Labute approximate surface area is 174 Å². The summed E-state index contributed by atoms with van der Waals surface area (Å²) in [5, 5.41) is 2.42. The molecule has 0 unspecified atom stereocenters. The second kappa shape index (κ2) is 8.50. The lowest BCUT2D eigenvalue weighted by Crippen LogP contribution is -2.34. The van der Waals surface area contributed by atoms with Crippen LogP contribution >= 0.6 is 0 Å². The fourth-order valence-corrected chi connectivity index (χ4v) is 3.53. The summed E-state index contributed by atoms with van der Waals surface area (Å²) in [6, 6.07) is 4.92. The van der Waals surface area contributed by atoms with Crippen LogP contribution in [-0.2, 0) is 9.53 Å². The van der Waals surface area contributed by atoms with E-state index in [1.165, 1.54) is 38.4 Å². The molecule has 1 aromatic carbocycles. The van der Waals surface area contributed by atoms with E-state index in [0.29, 0.717) is 0 Å². The van der Waals surface area contributed by atoms with Crippen molar-refractivity contribution in [2.45, 2.75) is 37.6 Å². The molecule has 0 saturated carbocycles. The maximum absolute atomic E-state index is 13.9. The number of nitrogens with one attached hydrogen (secondary N) is 1. The van der Waals surface area contributed by atoms with Crippen molar-refractivity contribution in [3.05, 3.63) is 53.1 Å². The number of ether oxygens (including phenoxy) is 2. The summed E-state index contributed by atoms with van der Waals surface area (Å²) in [5.41, 5.74) is 5.45. The van der Waals surface area contributed by atoms with Gasteiger partial charge in [0.05, 0.1) is 7.11 Å². The molecule has 1 fully saturated rings. The number of nitrogens with zero attached hydrogens (tertiary/aromatic N) is 1. The van der Waals surface area contributed by atoms with Crippen LogP contribution in [-0.4, -0.2) is 42.3 Å². The van der Waals surface area contributed by atoms with Crippen LogP contribution in [0.1, 0.15) is 34.0 Å². The number of aromatic nitrogens is 1. The van der Waals surface area contributed by atoms with Gasteiger partial charge in [0.2, 0.25) is 0 Å². The topological polar surface area (TPSA) is 104 Å². The number of pyridine rings is 1. The number of benzene rings is 1. The number of methoxy groups -OCH3 is 1. The Bertz CT molecular complexity index is 1010. The molecule has 1 aromatic heterocycles. The highest BCUT2D eigenvalue weighted by Gasteiger charge is 2.52. The number of carbonyl (C=O) groups is 2. The van der Waals surface area contributed by atoms with Gasteiger partial charge in [0.15, 0.2) is 6.10 Å². The van der Waals surface area contributed by atoms with Crippen LogP contribution in [0.3, 0.4) is 0 Å². The van der Waals surface area contributed by atoms with Gasteiger partial charge >= 0.3 is 6.18 Å². The van der Waals surface area contributed by atoms with Gasteiger partial charge in [0.1, 0.15) is 23.4 Å². The molecule has 166 valence electrons. The quantitative estimate of drug-likeness (QED) is 0.695. The lowest BCUT2D eigenvalue weighted by Gasteiger charge is -2.21. The maximum atomic E-state index is 13.9. The fourth-order valence-electron chi connectivity index (χ4n) is 3.53. The van der Waals surface area contributed by atoms with E-state index in [1.54, 1.807) is 0 Å². The number of hydrogen-bond acceptors (Lipinski definition) is 5. The molecule has 3 rings (SSSR count). The number of alkyl halides is 3. The van der Waals surface area contributed by atoms with Gasteiger partial charge in [-0.15, -0.1) is 0 Å². The Kier molecular flexibility index (Phi) is 6.16. The number of carbonyl (C=O) groups excluding carboxylic acids is 2. The van der Waals surface area contributed by atoms with Gasteiger partial charge in [-0.3, -0.25) is 14.6 Å². The fraction of sp³-hybridized carbons (Fsp3) is 0.350. The minimum Gasteiger partial charge on any atom is -0.496 e. The van der Waals surface area contributed by atoms with Gasteiger partial charge in [0, 0.05) is 28.9 Å². The number of nitrogens with two attached hydrogens (primary N) is 1. The third-order valence-electron chi connectivity index (χ3n) is 5.02. The lowest BCUT2D eigenvalue weighted by molar-refractivity contribution is -0.213. The van der Waals surface area contributed by atoms with Gasteiger partial charge in [-0.25, -0.2) is 4.39 Å². The van der Waals surface area contributed by atoms with Gasteiger partial charge in [0.25, 0.3) is 11.8 Å². The Balaban J connectivity index is 1.96. The highest BCUT2D eigenvalue weighted by Crippen LogP contribution is 2.45. The predicted molar refractivity (Wildman–Crippen MR) is 101 cm³/mol. The average molecular weight is 441 g/mol. The molecular weight excluding hydrogens is 422 g/mol. The van der Waals surface area contributed by atoms with Crippen LogP contribution in [0.25, 0.3) is 0 Å². The molecule has 0 bridgehead atoms. The van der Waals surface area contributed by atoms with Crippen LogP contribution in [0.15, 0.2) is 30.5 Å². The molecular formula is C20H19F4N3O4. The van der Waals surface area contributed by atoms with Gasteiger partial charge in [-0.2, -0.15) is 13.2 Å². The minimum absolute atomic E-state index is 0.0501. The first-order valence-corrected chi connectivity index (χ1v) is 9.14. The number of halogens is 4. The van der Waals surface area contributed by atoms with Crippen molar-refractivity contribution in [3.8, 4) is 5.75 Å². The first-order valence-electron chi connectivity index (χ1n) is 9.14. The largest absolute Gasteiger partial charge is 0.496 e. The van der Waals surface area contributed by atoms with Crippen molar-refractivity contribution in [2.75, 3.05) is 12.4 Å². The molecule has 7 nitrogen and oxygen atoms in total. The Morgan fingerprint density at radius 3 is 2.61 bits per heavy atom. The molecule has 1 saturated heterocycles. The summed E-state index contributed by atoms with van der Waals surface area (Å²) >= 11 is 0. The number of anilines is 1. The van der Waals surface area contributed by atoms with Crippen molar-refractivity contribution in [1.82, 2.24) is 4.98 Å². The molecule has 11 heteroatoms. The molecule has 31 heavy (non-hydrogen) atoms. The monoisotopic (exact) mass is 441 g/mol. The van der Waals surface area contributed by atoms with Crippen LogP contribution < -0.4 is 15.8 Å². The van der Waals surface area contributed by atoms with Gasteiger partial charge in [-0.05, 0) is 31.5 Å². The van der Waals surface area contributed by atoms with Gasteiger partial charge in [-0.1, -0.05) is 6.07 Å². The average Bonchev–Trinajstić information content (AvgIpc) is 3.16. The van der Waals surface area contributed by atoms with Crippen LogP contribution in [0, 0.1) is 12.7 Å². The van der Waals surface area contributed by atoms with Crippen molar-refractivity contribution in [1.29, 1.82) is 0 Å². The lowest BCUT2D eigenvalue weighted by atomic mass is 9.88. The molecule has 2 amide bonds. The zero-order valence-electron chi connectivity index (χ0n) is 16.5. The van der Waals surface area contributed by atoms with E-state index < -0.39 is 48.4 Å². The third-order valence-corrected chi connectivity index (χ3v) is 5.02. The summed E-state index contributed by atoms with van der Waals surface area (Å²) in [5.74, 6) is -3.31. The zero-order chi connectivity index (χ0) is 22.9. The second-order valence-corrected chi connectivity index (χ2v) is 7.01. The SMILES string of the molecule is COc1c([C@H]2C[C@H](C(F)(F)F)O[C@H]2C(=O)Nc2ccnc(C(N)=O)c2)ccc(F)c1C. The summed E-state index contributed by atoms with van der Waals surface area (Å²) in [7, 11) is 1.26. The molecule has 2 heterocycles. The Morgan fingerprint density at radius 1 is 1.29 bits per heavy atom. The first-order chi connectivity index (χ1) is 14.5. The van der Waals surface area contributed by atoms with E-state index in [2.05, 4.69) is 10.3 Å². The second-order valence-electron chi connectivity index (χ2n) is 7.01. The van der Waals surface area contributed by atoms with Crippen LogP contribution in [0.2, 0.25) is 0 Å². The highest BCUT2D eigenvalue weighted by molar-refractivity contribution is 5.97. The normalized spacial score (nSPS) is 21.0. The molecule has 1 aliphatic rings. The van der Waals surface area contributed by atoms with Gasteiger partial charge < -0.3 is 20.5 Å². The van der Waals surface area contributed by atoms with Crippen LogP contribution in [0.4, 0.5) is 23.2 Å². The van der Waals surface area contributed by atoms with E-state index in [9.17, 15) is 27.2 Å². The molecule has 3 N–H and O–H groups in total. The first kappa shape index (κ1) is 22.5. The summed E-state index contributed by atoms with van der Waals surface area (Å²) < 4.78 is 64.3. The number of amides is 2. The molecule has 0 aliphatic carbocycles. The predicted octanol–water partition coefficient (Wildman–Crippen LogP) is 3.08. The third kappa shape index (κ3) is 4.61. The highest BCUT2D eigenvalue weighted by atomic mass is 19.4. The molecule has 2 aromatic rings. The van der Waals surface area contributed by atoms with E-state index in [0.717, 1.165) is 6.07 Å². The van der Waals surface area contributed by atoms with E-state index in [4.69, 9.17) is 15.2 Å². The number of hydrogen-bond donors (Lipinski definition) is 2. The van der Waals surface area contributed by atoms with Crippen molar-refractivity contribution in [3.63, 3.8) is 0 Å². The number of primary amides is 1. The van der Waals surface area contributed by atoms with Crippen molar-refractivity contribution in [2.24, 2.45) is 5.73 Å². The maximum Gasteiger partial charge on any atom is 0.414 e. The molecule has 3 atom stereocenters. The molecule has 1 aliphatic heterocycles. The minimum atomic E-state index is -4.70. The van der Waals surface area contributed by atoms with E-state index >= 15 is 0 Å². The molecule has 0 spiro atoms. The standard InChI is InChI=1S/C20H19F4N3O4/c1-9-13(21)4-3-11(16(9)30-2)12-8-15(20(22,23)24)31-17(12)19(29)27-10-5-6-26-14(7-10)18(25)28/h3-7,12,15,17H,8H2,1-2H3,(H2,25,28)(H,26,27,29)/t12-,15-,17-/m1/s1. The van der Waals surface area contributed by atoms with E-state index in [1.807, 2.05) is 0 Å². The van der Waals surface area contributed by atoms with Crippen molar-refractivity contribution >= 4 is 17.5 Å². The Morgan fingerprint density at radius 2 is 2.00 bits per heavy atom. The smallest absolute Gasteiger partial charge is 0.414 e. The van der Waals surface area contributed by atoms with E-state index in [-0.39, 0.29) is 28.3 Å². The number of rotatable bonds is 5. The summed E-state index contributed by atoms with van der Waals surface area (Å²) in [4.78, 5) is 27.9. The Hall–Kier alpha value is -3.21. The van der Waals surface area contributed by atoms with Crippen molar-refractivity contribution < 1.29 is 36.6 Å². The van der Waals surface area contributed by atoms with Crippen LogP contribution in [0.5, 0.6) is 5.75 Å². The summed E-state index contributed by atoms with van der Waals surface area (Å²) in [6.45, 7) is 1.42. The zero-order valence-corrected chi connectivity index (χ0v) is 16.5. The summed E-state index contributed by atoms with van der Waals surface area (Å²) in [6.07, 6.45) is -7.78. The molecule has 0 radical (unpaired) electrons.